The molecule has 1 aromatic heterocycles. The van der Waals surface area contributed by atoms with E-state index in [2.05, 4.69) is 55.0 Å². The molecule has 1 atom stereocenters. The number of hydrogen-bond acceptors (Lipinski definition) is 2. The Kier molecular flexibility index (Phi) is 3.62. The van der Waals surface area contributed by atoms with Crippen LogP contribution in [0.1, 0.15) is 23.4 Å². The molecule has 1 aliphatic rings. The van der Waals surface area contributed by atoms with E-state index >= 15 is 0 Å². The topological polar surface area (TPSA) is 29.9 Å². The van der Waals surface area contributed by atoms with Crippen molar-refractivity contribution in [2.24, 2.45) is 5.92 Å². The molecule has 1 aromatic carbocycles. The molecular weight excluding hydrogens is 246 g/mol. The van der Waals surface area contributed by atoms with Crippen molar-refractivity contribution in [1.29, 1.82) is 0 Å². The van der Waals surface area contributed by atoms with Gasteiger partial charge < -0.3 is 5.32 Å². The van der Waals surface area contributed by atoms with E-state index in [9.17, 15) is 0 Å². The van der Waals surface area contributed by atoms with E-state index < -0.39 is 0 Å². The van der Waals surface area contributed by atoms with Crippen molar-refractivity contribution in [3.8, 4) is 11.1 Å². The molecule has 1 aliphatic heterocycles. The maximum Gasteiger partial charge on any atom is 0.0675 e. The first-order chi connectivity index (χ1) is 9.66. The second-order valence-electron chi connectivity index (χ2n) is 5.90. The fourth-order valence-corrected chi connectivity index (χ4v) is 3.23. The van der Waals surface area contributed by atoms with Crippen LogP contribution < -0.4 is 5.32 Å². The highest BCUT2D eigenvalue weighted by Crippen LogP contribution is 2.30. The largest absolute Gasteiger partial charge is 0.316 e. The summed E-state index contributed by atoms with van der Waals surface area (Å²) in [6, 6.07) is 8.58. The summed E-state index contributed by atoms with van der Waals surface area (Å²) in [5, 5.41) is 8.21. The lowest BCUT2D eigenvalue weighted by Gasteiger charge is -2.11. The second kappa shape index (κ2) is 5.41. The number of hydrogen-bond donors (Lipinski definition) is 1. The van der Waals surface area contributed by atoms with Gasteiger partial charge in [-0.3, -0.25) is 4.68 Å². The molecule has 0 spiro atoms. The Labute approximate surface area is 121 Å². The number of nitrogens with zero attached hydrogens (tertiary/aromatic N) is 2. The van der Waals surface area contributed by atoms with Gasteiger partial charge in [0.15, 0.2) is 0 Å². The van der Waals surface area contributed by atoms with Crippen LogP contribution in [-0.2, 0) is 6.54 Å². The lowest BCUT2D eigenvalue weighted by atomic mass is 9.99. The summed E-state index contributed by atoms with van der Waals surface area (Å²) in [5.41, 5.74) is 6.39. The maximum absolute atomic E-state index is 4.78. The molecular formula is C17H23N3. The van der Waals surface area contributed by atoms with Gasteiger partial charge in [-0.25, -0.2) is 0 Å². The van der Waals surface area contributed by atoms with Crippen molar-refractivity contribution < 1.29 is 0 Å². The van der Waals surface area contributed by atoms with Crippen LogP contribution in [0.15, 0.2) is 24.3 Å². The summed E-state index contributed by atoms with van der Waals surface area (Å²) in [7, 11) is 0. The third-order valence-electron chi connectivity index (χ3n) is 4.39. The Bertz CT molecular complexity index is 607. The number of nitrogens with one attached hydrogen (secondary N) is 1. The Morgan fingerprint density at radius 3 is 2.75 bits per heavy atom. The van der Waals surface area contributed by atoms with Gasteiger partial charge in [0, 0.05) is 17.8 Å². The quantitative estimate of drug-likeness (QED) is 0.928. The van der Waals surface area contributed by atoms with Crippen molar-refractivity contribution in [3.63, 3.8) is 0 Å². The summed E-state index contributed by atoms with van der Waals surface area (Å²) in [6.45, 7) is 9.80. The molecule has 1 fully saturated rings. The number of aromatic nitrogens is 2. The Morgan fingerprint density at radius 1 is 1.25 bits per heavy atom. The minimum Gasteiger partial charge on any atom is -0.316 e. The Balaban J connectivity index is 1.96. The first-order valence-corrected chi connectivity index (χ1v) is 7.47. The average Bonchev–Trinajstić information content (AvgIpc) is 3.01. The predicted octanol–water partition coefficient (Wildman–Crippen LogP) is 3.08. The molecule has 2 heterocycles. The van der Waals surface area contributed by atoms with Crippen molar-refractivity contribution in [2.45, 2.75) is 33.7 Å². The molecule has 1 saturated heterocycles. The standard InChI is InChI=1S/C17H23N3/c1-12-6-4-5-7-16(12)17-13(2)19-20(14(17)3)11-15-8-9-18-10-15/h4-7,15,18H,8-11H2,1-3H3. The highest BCUT2D eigenvalue weighted by atomic mass is 15.3. The van der Waals surface area contributed by atoms with Crippen LogP contribution in [0.3, 0.4) is 0 Å². The van der Waals surface area contributed by atoms with E-state index in [0.717, 1.165) is 31.2 Å². The van der Waals surface area contributed by atoms with Crippen molar-refractivity contribution in [1.82, 2.24) is 15.1 Å². The highest BCUT2D eigenvalue weighted by Gasteiger charge is 2.19. The van der Waals surface area contributed by atoms with Crippen molar-refractivity contribution in [2.75, 3.05) is 13.1 Å². The Morgan fingerprint density at radius 2 is 2.05 bits per heavy atom. The van der Waals surface area contributed by atoms with Gasteiger partial charge >= 0.3 is 0 Å². The zero-order chi connectivity index (χ0) is 14.1. The van der Waals surface area contributed by atoms with Crippen LogP contribution in [-0.4, -0.2) is 22.9 Å². The molecule has 0 saturated carbocycles. The molecule has 0 bridgehead atoms. The van der Waals surface area contributed by atoms with Crippen LogP contribution in [0.2, 0.25) is 0 Å². The first kappa shape index (κ1) is 13.4. The molecule has 0 aliphatic carbocycles. The number of aryl methyl sites for hydroxylation is 2. The first-order valence-electron chi connectivity index (χ1n) is 7.47. The van der Waals surface area contributed by atoms with Gasteiger partial charge in [0.05, 0.1) is 5.69 Å². The maximum atomic E-state index is 4.78. The third kappa shape index (κ3) is 2.38. The Hall–Kier alpha value is -1.61. The van der Waals surface area contributed by atoms with Gasteiger partial charge in [-0.05, 0) is 57.3 Å². The predicted molar refractivity (Wildman–Crippen MR) is 82.9 cm³/mol. The second-order valence-corrected chi connectivity index (χ2v) is 5.90. The molecule has 3 rings (SSSR count). The van der Waals surface area contributed by atoms with E-state index in [0.29, 0.717) is 0 Å². The molecule has 0 amide bonds. The van der Waals surface area contributed by atoms with E-state index in [1.807, 2.05) is 0 Å². The summed E-state index contributed by atoms with van der Waals surface area (Å²) in [6.07, 6.45) is 1.26. The number of benzene rings is 1. The van der Waals surface area contributed by atoms with Crippen molar-refractivity contribution >= 4 is 0 Å². The molecule has 0 radical (unpaired) electrons. The third-order valence-corrected chi connectivity index (χ3v) is 4.39. The van der Waals surface area contributed by atoms with Crippen LogP contribution in [0.25, 0.3) is 11.1 Å². The molecule has 3 heteroatoms. The number of rotatable bonds is 3. The minimum atomic E-state index is 0.720. The fraction of sp³-hybridized carbons (Fsp3) is 0.471. The molecule has 2 aromatic rings. The van der Waals surface area contributed by atoms with Gasteiger partial charge in [0.1, 0.15) is 0 Å². The summed E-state index contributed by atoms with van der Waals surface area (Å²) < 4.78 is 2.20. The summed E-state index contributed by atoms with van der Waals surface area (Å²) in [4.78, 5) is 0. The average molecular weight is 269 g/mol. The lowest BCUT2D eigenvalue weighted by molar-refractivity contribution is 0.441. The van der Waals surface area contributed by atoms with Crippen LogP contribution in [0.5, 0.6) is 0 Å². The van der Waals surface area contributed by atoms with E-state index in [-0.39, 0.29) is 0 Å². The normalized spacial score (nSPS) is 18.6. The van der Waals surface area contributed by atoms with Gasteiger partial charge in [0.2, 0.25) is 0 Å². The van der Waals surface area contributed by atoms with Gasteiger partial charge in [-0.1, -0.05) is 24.3 Å². The van der Waals surface area contributed by atoms with Crippen LogP contribution >= 0.6 is 0 Å². The monoisotopic (exact) mass is 269 g/mol. The van der Waals surface area contributed by atoms with E-state index in [4.69, 9.17) is 5.10 Å². The van der Waals surface area contributed by atoms with Crippen LogP contribution in [0.4, 0.5) is 0 Å². The fourth-order valence-electron chi connectivity index (χ4n) is 3.23. The zero-order valence-electron chi connectivity index (χ0n) is 12.6. The van der Waals surface area contributed by atoms with Gasteiger partial charge in [-0.2, -0.15) is 5.10 Å². The smallest absolute Gasteiger partial charge is 0.0675 e. The minimum absolute atomic E-state index is 0.720. The van der Waals surface area contributed by atoms with E-state index in [1.165, 1.54) is 28.8 Å². The zero-order valence-corrected chi connectivity index (χ0v) is 12.6. The molecule has 106 valence electrons. The van der Waals surface area contributed by atoms with Gasteiger partial charge in [-0.15, -0.1) is 0 Å². The summed E-state index contributed by atoms with van der Waals surface area (Å²) in [5.74, 6) is 0.720. The highest BCUT2D eigenvalue weighted by molar-refractivity contribution is 5.71. The van der Waals surface area contributed by atoms with E-state index in [1.54, 1.807) is 0 Å². The molecule has 1 N–H and O–H groups in total. The molecule has 3 nitrogen and oxygen atoms in total. The lowest BCUT2D eigenvalue weighted by Crippen LogP contribution is -2.16. The van der Waals surface area contributed by atoms with Crippen molar-refractivity contribution in [3.05, 3.63) is 41.2 Å². The van der Waals surface area contributed by atoms with Crippen LogP contribution in [0, 0.1) is 26.7 Å². The van der Waals surface area contributed by atoms with Gasteiger partial charge in [0.25, 0.3) is 0 Å². The SMILES string of the molecule is Cc1ccccc1-c1c(C)nn(CC2CCNC2)c1C. The molecule has 1 unspecified atom stereocenters. The summed E-state index contributed by atoms with van der Waals surface area (Å²) >= 11 is 0. The molecule has 20 heavy (non-hydrogen) atoms.